The number of hydrogen-bond donors (Lipinski definition) is 3. The summed E-state index contributed by atoms with van der Waals surface area (Å²) in [6.45, 7) is 7.86. The minimum absolute atomic E-state index is 0.113. The Bertz CT molecular complexity index is 946. The summed E-state index contributed by atoms with van der Waals surface area (Å²) in [5.41, 5.74) is 7.39. The number of aryl methyl sites for hydroxylation is 2. The van der Waals surface area contributed by atoms with Gasteiger partial charge in [-0.15, -0.1) is 11.3 Å². The largest absolute Gasteiger partial charge is 0.280 e. The molecule has 3 atom stereocenters. The van der Waals surface area contributed by atoms with Gasteiger partial charge in [-0.2, -0.15) is 0 Å². The molecule has 3 N–H and O–H groups in total. The van der Waals surface area contributed by atoms with E-state index in [1.807, 2.05) is 6.92 Å². The molecule has 2 aromatic rings. The maximum absolute atomic E-state index is 13.3. The van der Waals surface area contributed by atoms with Crippen LogP contribution >= 0.6 is 22.9 Å². The summed E-state index contributed by atoms with van der Waals surface area (Å²) in [5, 5.41) is -0.132. The highest BCUT2D eigenvalue weighted by Crippen LogP contribution is 2.41. The molecule has 0 spiro atoms. The van der Waals surface area contributed by atoms with E-state index in [2.05, 4.69) is 29.4 Å². The molecule has 1 aliphatic rings. The second-order valence-electron chi connectivity index (χ2n) is 6.61. The molecule has 1 aliphatic heterocycles. The fraction of sp³-hybridized carbons (Fsp3) is 0.412. The van der Waals surface area contributed by atoms with Gasteiger partial charge in [0.25, 0.3) is 10.0 Å². The fourth-order valence-corrected chi connectivity index (χ4v) is 6.44. The van der Waals surface area contributed by atoms with Gasteiger partial charge in [0.2, 0.25) is 0 Å². The zero-order chi connectivity index (χ0) is 19.2. The summed E-state index contributed by atoms with van der Waals surface area (Å²) in [5.74, 6) is -0.376. The van der Waals surface area contributed by atoms with Crippen molar-refractivity contribution in [1.29, 1.82) is 0 Å². The van der Waals surface area contributed by atoms with Crippen molar-refractivity contribution in [2.24, 2.45) is 5.92 Å². The van der Waals surface area contributed by atoms with Gasteiger partial charge in [-0.05, 0) is 44.9 Å². The summed E-state index contributed by atoms with van der Waals surface area (Å²) < 4.78 is 42.1. The molecule has 5 nitrogen and oxygen atoms in total. The molecule has 0 saturated carbocycles. The third kappa shape index (κ3) is 3.48. The topological polar surface area (TPSA) is 70.2 Å². The molecule has 0 aliphatic carbocycles. The van der Waals surface area contributed by atoms with Crippen molar-refractivity contribution >= 4 is 38.6 Å². The maximum atomic E-state index is 13.3. The van der Waals surface area contributed by atoms with Crippen LogP contribution in [0.5, 0.6) is 0 Å². The lowest BCUT2D eigenvalue weighted by Crippen LogP contribution is -2.29. The molecule has 3 rings (SSSR count). The zero-order valence-corrected chi connectivity index (χ0v) is 17.2. The number of hydrazine groups is 1. The number of benzene rings is 1. The van der Waals surface area contributed by atoms with Crippen LogP contribution in [-0.2, 0) is 10.0 Å². The quantitative estimate of drug-likeness (QED) is 0.699. The van der Waals surface area contributed by atoms with Crippen LogP contribution in [0.4, 0.5) is 10.1 Å². The molecule has 1 fully saturated rings. The van der Waals surface area contributed by atoms with Crippen LogP contribution in [0.15, 0.2) is 23.1 Å². The number of thiophene rings is 1. The lowest BCUT2D eigenvalue weighted by molar-refractivity contribution is 0.469. The number of rotatable bonds is 4. The summed E-state index contributed by atoms with van der Waals surface area (Å²) >= 11 is 7.22. The second kappa shape index (κ2) is 7.09. The maximum Gasteiger partial charge on any atom is 0.263 e. The molecular formula is C17H21ClFN3O2S2. The second-order valence-corrected chi connectivity index (χ2v) is 10.1. The predicted octanol–water partition coefficient (Wildman–Crippen LogP) is 4.13. The first-order valence-electron chi connectivity index (χ1n) is 8.20. The Morgan fingerprint density at radius 3 is 2.46 bits per heavy atom. The highest BCUT2D eigenvalue weighted by Gasteiger charge is 2.37. The standard InChI is InChI=1S/C17H21ClFN3O2S2/c1-8-9(2)20-21-16(8)15-10(3)25-11(4)17(15)26(23,24)22-12-5-6-14(19)13(18)7-12/h5-9,16,20-22H,1-4H3. The van der Waals surface area contributed by atoms with Crippen molar-refractivity contribution in [1.82, 2.24) is 10.9 Å². The SMILES string of the molecule is Cc1sc(C)c(S(=O)(=O)Nc2ccc(F)c(Cl)c2)c1C1NNC(C)C1C. The predicted molar refractivity (Wildman–Crippen MR) is 104 cm³/mol. The third-order valence-electron chi connectivity index (χ3n) is 4.78. The van der Waals surface area contributed by atoms with Crippen LogP contribution in [0.1, 0.15) is 35.2 Å². The Balaban J connectivity index is 2.04. The number of nitrogens with one attached hydrogen (secondary N) is 3. The van der Waals surface area contributed by atoms with Gasteiger partial charge in [0.1, 0.15) is 10.7 Å². The van der Waals surface area contributed by atoms with E-state index in [9.17, 15) is 12.8 Å². The van der Waals surface area contributed by atoms with Gasteiger partial charge >= 0.3 is 0 Å². The monoisotopic (exact) mass is 417 g/mol. The van der Waals surface area contributed by atoms with Crippen molar-refractivity contribution in [2.75, 3.05) is 4.72 Å². The lowest BCUT2D eigenvalue weighted by Gasteiger charge is -2.19. The van der Waals surface area contributed by atoms with E-state index in [1.165, 1.54) is 23.5 Å². The number of sulfonamides is 1. The third-order valence-corrected chi connectivity index (χ3v) is 7.81. The molecule has 1 aromatic heterocycles. The first-order valence-corrected chi connectivity index (χ1v) is 10.9. The van der Waals surface area contributed by atoms with Crippen LogP contribution in [0.2, 0.25) is 5.02 Å². The molecule has 2 heterocycles. The van der Waals surface area contributed by atoms with E-state index in [4.69, 9.17) is 11.6 Å². The van der Waals surface area contributed by atoms with Crippen LogP contribution in [0.3, 0.4) is 0 Å². The van der Waals surface area contributed by atoms with Crippen molar-refractivity contribution in [3.05, 3.63) is 44.4 Å². The van der Waals surface area contributed by atoms with E-state index < -0.39 is 15.8 Å². The minimum Gasteiger partial charge on any atom is -0.280 e. The number of hydrogen-bond acceptors (Lipinski definition) is 5. The van der Waals surface area contributed by atoms with E-state index in [1.54, 1.807) is 6.92 Å². The van der Waals surface area contributed by atoms with Gasteiger partial charge in [0, 0.05) is 21.4 Å². The molecule has 3 unspecified atom stereocenters. The average molecular weight is 418 g/mol. The number of halogens is 2. The van der Waals surface area contributed by atoms with Gasteiger partial charge in [-0.1, -0.05) is 18.5 Å². The first-order chi connectivity index (χ1) is 12.1. The van der Waals surface area contributed by atoms with Gasteiger partial charge in [0.15, 0.2) is 0 Å². The van der Waals surface area contributed by atoms with Gasteiger partial charge in [-0.3, -0.25) is 10.1 Å². The molecule has 0 bridgehead atoms. The summed E-state index contributed by atoms with van der Waals surface area (Å²) in [7, 11) is -3.85. The summed E-state index contributed by atoms with van der Waals surface area (Å²) in [4.78, 5) is 1.95. The van der Waals surface area contributed by atoms with Gasteiger partial charge < -0.3 is 0 Å². The van der Waals surface area contributed by atoms with Crippen molar-refractivity contribution in [2.45, 2.75) is 44.7 Å². The van der Waals surface area contributed by atoms with E-state index in [0.29, 0.717) is 4.88 Å². The summed E-state index contributed by atoms with van der Waals surface area (Å²) in [6, 6.07) is 3.87. The molecule has 142 valence electrons. The molecule has 0 radical (unpaired) electrons. The van der Waals surface area contributed by atoms with Crippen molar-refractivity contribution in [3.63, 3.8) is 0 Å². The Labute approximate surface area is 162 Å². The molecule has 9 heteroatoms. The Kier molecular flexibility index (Phi) is 5.33. The zero-order valence-electron chi connectivity index (χ0n) is 14.9. The van der Waals surface area contributed by atoms with Crippen molar-refractivity contribution in [3.8, 4) is 0 Å². The van der Waals surface area contributed by atoms with Gasteiger partial charge in [0.05, 0.1) is 16.8 Å². The molecular weight excluding hydrogens is 397 g/mol. The van der Waals surface area contributed by atoms with E-state index >= 15 is 0 Å². The van der Waals surface area contributed by atoms with Crippen molar-refractivity contribution < 1.29 is 12.8 Å². The first kappa shape index (κ1) is 19.6. The smallest absolute Gasteiger partial charge is 0.263 e. The molecule has 0 amide bonds. The molecule has 1 aromatic carbocycles. The van der Waals surface area contributed by atoms with Gasteiger partial charge in [-0.25, -0.2) is 18.2 Å². The van der Waals surface area contributed by atoms with Crippen LogP contribution in [0, 0.1) is 25.6 Å². The van der Waals surface area contributed by atoms with E-state index in [0.717, 1.165) is 16.5 Å². The highest BCUT2D eigenvalue weighted by atomic mass is 35.5. The number of anilines is 1. The van der Waals surface area contributed by atoms with Crippen LogP contribution < -0.4 is 15.6 Å². The molecule has 26 heavy (non-hydrogen) atoms. The lowest BCUT2D eigenvalue weighted by atomic mass is 9.92. The minimum atomic E-state index is -3.85. The normalized spacial score (nSPS) is 23.4. The Morgan fingerprint density at radius 2 is 1.88 bits per heavy atom. The Morgan fingerprint density at radius 1 is 1.19 bits per heavy atom. The van der Waals surface area contributed by atoms with Crippen LogP contribution in [-0.4, -0.2) is 14.5 Å². The highest BCUT2D eigenvalue weighted by molar-refractivity contribution is 7.93. The van der Waals surface area contributed by atoms with Crippen LogP contribution in [0.25, 0.3) is 0 Å². The Hall–Kier alpha value is -1.19. The average Bonchev–Trinajstić information content (AvgIpc) is 3.02. The van der Waals surface area contributed by atoms with E-state index in [-0.39, 0.29) is 33.6 Å². The summed E-state index contributed by atoms with van der Waals surface area (Å²) in [6.07, 6.45) is 0. The molecule has 1 saturated heterocycles. The fourth-order valence-electron chi connectivity index (χ4n) is 3.25.